The maximum atomic E-state index is 12.0. The van der Waals surface area contributed by atoms with E-state index in [9.17, 15) is 9.59 Å². The van der Waals surface area contributed by atoms with Crippen LogP contribution in [0, 0.1) is 5.92 Å². The third-order valence-corrected chi connectivity index (χ3v) is 7.72. The number of piperidine rings is 1. The average molecular weight is 406 g/mol. The standard InChI is InChI=1S/C21H31N3O3S/c1-3-17-10-18-19(28-17)4-9-27-21(18)5-7-23(8-6-21)12-16-13-24(14-16)20(26)11-22-15(2)25/h10,16H,3-9,11-14H2,1-2H3,(H,22,25). The van der Waals surface area contributed by atoms with Gasteiger partial charge in [0.2, 0.25) is 11.8 Å². The number of aryl methyl sites for hydroxylation is 1. The number of hydrogen-bond donors (Lipinski definition) is 1. The summed E-state index contributed by atoms with van der Waals surface area (Å²) in [5.41, 5.74) is 1.41. The lowest BCUT2D eigenvalue weighted by molar-refractivity contribution is -0.139. The summed E-state index contributed by atoms with van der Waals surface area (Å²) in [7, 11) is 0. The number of hydrogen-bond acceptors (Lipinski definition) is 5. The number of likely N-dealkylation sites (tertiary alicyclic amines) is 2. The highest BCUT2D eigenvalue weighted by Crippen LogP contribution is 2.44. The summed E-state index contributed by atoms with van der Waals surface area (Å²) in [4.78, 5) is 30.3. The molecule has 154 valence electrons. The van der Waals surface area contributed by atoms with E-state index in [2.05, 4.69) is 23.2 Å². The van der Waals surface area contributed by atoms with Gasteiger partial charge in [-0.2, -0.15) is 0 Å². The van der Waals surface area contributed by atoms with Gasteiger partial charge in [-0.25, -0.2) is 0 Å². The van der Waals surface area contributed by atoms with Crippen LogP contribution in [0.5, 0.6) is 0 Å². The Morgan fingerprint density at radius 2 is 2.07 bits per heavy atom. The number of thiophene rings is 1. The van der Waals surface area contributed by atoms with Crippen LogP contribution in [-0.2, 0) is 32.8 Å². The fourth-order valence-corrected chi connectivity index (χ4v) is 5.90. The minimum absolute atomic E-state index is 0.0244. The predicted molar refractivity (Wildman–Crippen MR) is 109 cm³/mol. The zero-order chi connectivity index (χ0) is 19.7. The van der Waals surface area contributed by atoms with Crippen LogP contribution in [-0.4, -0.2) is 67.5 Å². The Bertz CT molecular complexity index is 733. The smallest absolute Gasteiger partial charge is 0.241 e. The molecule has 2 amide bonds. The number of fused-ring (bicyclic) bond motifs is 2. The molecule has 4 heterocycles. The molecule has 3 aliphatic heterocycles. The first-order valence-corrected chi connectivity index (χ1v) is 11.3. The summed E-state index contributed by atoms with van der Waals surface area (Å²) in [5.74, 6) is 0.416. The van der Waals surface area contributed by atoms with E-state index in [1.807, 2.05) is 16.2 Å². The van der Waals surface area contributed by atoms with Crippen LogP contribution >= 0.6 is 11.3 Å². The summed E-state index contributed by atoms with van der Waals surface area (Å²) in [6.45, 7) is 9.44. The van der Waals surface area contributed by atoms with Crippen LogP contribution in [0.15, 0.2) is 6.07 Å². The highest BCUT2D eigenvalue weighted by molar-refractivity contribution is 7.12. The van der Waals surface area contributed by atoms with Crippen molar-refractivity contribution in [3.8, 4) is 0 Å². The van der Waals surface area contributed by atoms with Gasteiger partial charge in [0, 0.05) is 61.7 Å². The van der Waals surface area contributed by atoms with Crippen molar-refractivity contribution < 1.29 is 14.3 Å². The lowest BCUT2D eigenvalue weighted by atomic mass is 9.82. The second-order valence-electron chi connectivity index (χ2n) is 8.37. The number of carbonyl (C=O) groups is 2. The molecular weight excluding hydrogens is 374 g/mol. The molecule has 0 atom stereocenters. The SMILES string of the molecule is CCc1cc2c(s1)CCOC21CCN(CC2CN(C(=O)CNC(C)=O)C2)CC1. The highest BCUT2D eigenvalue weighted by Gasteiger charge is 2.42. The summed E-state index contributed by atoms with van der Waals surface area (Å²) < 4.78 is 6.37. The van der Waals surface area contributed by atoms with E-state index < -0.39 is 0 Å². The normalized spacial score (nSPS) is 22.0. The number of carbonyl (C=O) groups excluding carboxylic acids is 2. The molecule has 28 heavy (non-hydrogen) atoms. The van der Waals surface area contributed by atoms with Gasteiger partial charge in [-0.15, -0.1) is 11.3 Å². The summed E-state index contributed by atoms with van der Waals surface area (Å²) in [6, 6.07) is 2.40. The first kappa shape index (κ1) is 19.9. The van der Waals surface area contributed by atoms with Crippen LogP contribution in [0.1, 0.15) is 42.0 Å². The molecule has 0 radical (unpaired) electrons. The molecule has 2 fully saturated rings. The van der Waals surface area contributed by atoms with Crippen LogP contribution < -0.4 is 5.32 Å². The largest absolute Gasteiger partial charge is 0.370 e. The lowest BCUT2D eigenvalue weighted by Crippen LogP contribution is -2.57. The van der Waals surface area contributed by atoms with Crippen molar-refractivity contribution in [1.82, 2.24) is 15.1 Å². The van der Waals surface area contributed by atoms with Crippen molar-refractivity contribution in [3.63, 3.8) is 0 Å². The fraction of sp³-hybridized carbons (Fsp3) is 0.714. The fourth-order valence-electron chi connectivity index (χ4n) is 4.72. The molecule has 0 aromatic carbocycles. The van der Waals surface area contributed by atoms with Gasteiger partial charge in [-0.1, -0.05) is 6.92 Å². The average Bonchev–Trinajstić information content (AvgIpc) is 3.09. The molecule has 0 aliphatic carbocycles. The van der Waals surface area contributed by atoms with E-state index in [1.165, 1.54) is 17.4 Å². The molecule has 0 saturated carbocycles. The third-order valence-electron chi connectivity index (χ3n) is 6.39. The van der Waals surface area contributed by atoms with Crippen molar-refractivity contribution in [2.75, 3.05) is 45.9 Å². The van der Waals surface area contributed by atoms with Crippen molar-refractivity contribution >= 4 is 23.2 Å². The Kier molecular flexibility index (Phi) is 5.76. The number of nitrogens with zero attached hydrogens (tertiary/aromatic N) is 2. The van der Waals surface area contributed by atoms with Crippen molar-refractivity contribution in [2.24, 2.45) is 5.92 Å². The molecule has 1 aromatic rings. The molecule has 2 saturated heterocycles. The quantitative estimate of drug-likeness (QED) is 0.811. The number of ether oxygens (including phenoxy) is 1. The zero-order valence-corrected chi connectivity index (χ0v) is 17.8. The molecule has 6 nitrogen and oxygen atoms in total. The first-order chi connectivity index (χ1) is 13.5. The molecule has 3 aliphatic rings. The zero-order valence-electron chi connectivity index (χ0n) is 17.0. The molecule has 7 heteroatoms. The van der Waals surface area contributed by atoms with Gasteiger partial charge in [0.25, 0.3) is 0 Å². The van der Waals surface area contributed by atoms with E-state index in [4.69, 9.17) is 4.74 Å². The minimum atomic E-state index is -0.155. The van der Waals surface area contributed by atoms with Gasteiger partial charge in [-0.05, 0) is 30.9 Å². The van der Waals surface area contributed by atoms with Gasteiger partial charge in [0.15, 0.2) is 0 Å². The lowest BCUT2D eigenvalue weighted by Gasteiger charge is -2.47. The van der Waals surface area contributed by atoms with Crippen molar-refractivity contribution in [2.45, 2.75) is 45.1 Å². The summed E-state index contributed by atoms with van der Waals surface area (Å²) >= 11 is 1.98. The van der Waals surface area contributed by atoms with Gasteiger partial charge in [-0.3, -0.25) is 9.59 Å². The van der Waals surface area contributed by atoms with E-state index in [0.717, 1.165) is 65.0 Å². The molecule has 1 spiro atoms. The molecule has 4 rings (SSSR count). The molecule has 0 bridgehead atoms. The van der Waals surface area contributed by atoms with Gasteiger partial charge in [0.05, 0.1) is 18.8 Å². The van der Waals surface area contributed by atoms with Gasteiger partial charge < -0.3 is 19.9 Å². The molecular formula is C21H31N3O3S. The Balaban J connectivity index is 1.26. The Labute approximate surface area is 171 Å². The van der Waals surface area contributed by atoms with Crippen LogP contribution in [0.25, 0.3) is 0 Å². The van der Waals surface area contributed by atoms with E-state index >= 15 is 0 Å². The Hall–Kier alpha value is -1.44. The van der Waals surface area contributed by atoms with E-state index in [0.29, 0.717) is 5.92 Å². The minimum Gasteiger partial charge on any atom is -0.370 e. The summed E-state index contributed by atoms with van der Waals surface area (Å²) in [5, 5.41) is 2.58. The van der Waals surface area contributed by atoms with Crippen LogP contribution in [0.4, 0.5) is 0 Å². The predicted octanol–water partition coefficient (Wildman–Crippen LogP) is 1.77. The van der Waals surface area contributed by atoms with Gasteiger partial charge in [0.1, 0.15) is 0 Å². The van der Waals surface area contributed by atoms with Crippen molar-refractivity contribution in [1.29, 1.82) is 0 Å². The topological polar surface area (TPSA) is 61.9 Å². The summed E-state index contributed by atoms with van der Waals surface area (Å²) in [6.07, 6.45) is 4.31. The Morgan fingerprint density at radius 3 is 2.75 bits per heavy atom. The second kappa shape index (κ2) is 8.13. The third kappa shape index (κ3) is 3.98. The Morgan fingerprint density at radius 1 is 1.32 bits per heavy atom. The van der Waals surface area contributed by atoms with E-state index in [-0.39, 0.29) is 24.0 Å². The molecule has 1 N–H and O–H groups in total. The maximum absolute atomic E-state index is 12.0. The highest BCUT2D eigenvalue weighted by atomic mass is 32.1. The van der Waals surface area contributed by atoms with E-state index in [1.54, 1.807) is 4.88 Å². The van der Waals surface area contributed by atoms with Crippen LogP contribution in [0.3, 0.4) is 0 Å². The second-order valence-corrected chi connectivity index (χ2v) is 9.59. The van der Waals surface area contributed by atoms with Crippen molar-refractivity contribution in [3.05, 3.63) is 21.4 Å². The number of rotatable bonds is 5. The molecule has 0 unspecified atom stereocenters. The molecule has 1 aromatic heterocycles. The first-order valence-electron chi connectivity index (χ1n) is 10.5. The van der Waals surface area contributed by atoms with Gasteiger partial charge >= 0.3 is 0 Å². The maximum Gasteiger partial charge on any atom is 0.241 e. The number of amides is 2. The van der Waals surface area contributed by atoms with Crippen LogP contribution in [0.2, 0.25) is 0 Å². The number of nitrogens with one attached hydrogen (secondary N) is 1. The monoisotopic (exact) mass is 405 g/mol.